The Balaban J connectivity index is 1.90. The number of carbonyl (C=O) groups is 1. The van der Waals surface area contributed by atoms with Crippen LogP contribution in [0.15, 0.2) is 47.4 Å². The molecular weight excluding hydrogens is 376 g/mol. The molecule has 2 aromatic rings. The number of aryl methyl sites for hydroxylation is 1. The summed E-state index contributed by atoms with van der Waals surface area (Å²) in [4.78, 5) is 12.3. The van der Waals surface area contributed by atoms with E-state index in [1.54, 1.807) is 12.1 Å². The predicted octanol–water partition coefficient (Wildman–Crippen LogP) is 3.06. The topological polar surface area (TPSA) is 75.7 Å². The van der Waals surface area contributed by atoms with E-state index in [9.17, 15) is 13.2 Å². The Hall–Kier alpha value is -2.38. The van der Waals surface area contributed by atoms with Gasteiger partial charge >= 0.3 is 0 Å². The highest BCUT2D eigenvalue weighted by molar-refractivity contribution is 7.89. The second kappa shape index (κ2) is 9.21. The molecule has 1 N–H and O–H groups in total. The summed E-state index contributed by atoms with van der Waals surface area (Å²) in [6, 6.07) is 12.5. The average molecular weight is 405 g/mol. The number of nitrogens with zero attached hydrogens (tertiary/aromatic N) is 1. The van der Waals surface area contributed by atoms with E-state index in [-0.39, 0.29) is 17.4 Å². The highest BCUT2D eigenvalue weighted by atomic mass is 32.2. The van der Waals surface area contributed by atoms with Gasteiger partial charge in [-0.3, -0.25) is 4.79 Å². The number of sulfonamides is 1. The van der Waals surface area contributed by atoms with E-state index < -0.39 is 10.0 Å². The zero-order valence-electron chi connectivity index (χ0n) is 17.0. The fourth-order valence-corrected chi connectivity index (χ4v) is 3.42. The number of hydrogen-bond acceptors (Lipinski definition) is 4. The van der Waals surface area contributed by atoms with Crippen molar-refractivity contribution in [2.45, 2.75) is 38.1 Å². The molecular formula is C21H28N2O4S. The minimum Gasteiger partial charge on any atom is -0.483 e. The molecule has 0 aliphatic heterocycles. The van der Waals surface area contributed by atoms with Gasteiger partial charge < -0.3 is 10.1 Å². The Bertz CT molecular complexity index is 920. The molecule has 0 atom stereocenters. The number of carbonyl (C=O) groups excluding carboxylic acids is 1. The number of rotatable bonds is 8. The SMILES string of the molecule is Cc1ccc(C(C)C)cc1OCC(=O)NCc1ccc(S(=O)(=O)N(C)C)cc1. The van der Waals surface area contributed by atoms with Gasteiger partial charge in [0.25, 0.3) is 5.91 Å². The molecule has 0 bridgehead atoms. The molecule has 0 unspecified atom stereocenters. The second-order valence-electron chi connectivity index (χ2n) is 7.18. The van der Waals surface area contributed by atoms with Crippen molar-refractivity contribution < 1.29 is 17.9 Å². The number of amides is 1. The van der Waals surface area contributed by atoms with Gasteiger partial charge in [-0.2, -0.15) is 0 Å². The maximum atomic E-state index is 12.1. The fourth-order valence-electron chi connectivity index (χ4n) is 2.52. The molecule has 6 nitrogen and oxygen atoms in total. The van der Waals surface area contributed by atoms with Crippen molar-refractivity contribution in [3.63, 3.8) is 0 Å². The van der Waals surface area contributed by atoms with Crippen molar-refractivity contribution in [3.8, 4) is 5.75 Å². The Labute approximate surface area is 167 Å². The molecule has 152 valence electrons. The van der Waals surface area contributed by atoms with Crippen molar-refractivity contribution in [3.05, 3.63) is 59.2 Å². The average Bonchev–Trinajstić information content (AvgIpc) is 2.65. The molecule has 1 amide bonds. The van der Waals surface area contributed by atoms with Crippen LogP contribution < -0.4 is 10.1 Å². The van der Waals surface area contributed by atoms with Crippen LogP contribution in [-0.2, 0) is 21.4 Å². The Kier molecular flexibility index (Phi) is 7.21. The van der Waals surface area contributed by atoms with Crippen molar-refractivity contribution in [1.29, 1.82) is 0 Å². The maximum Gasteiger partial charge on any atom is 0.258 e. The lowest BCUT2D eigenvalue weighted by Gasteiger charge is -2.13. The summed E-state index contributed by atoms with van der Waals surface area (Å²) in [5, 5.41) is 2.78. The Morgan fingerprint density at radius 2 is 1.75 bits per heavy atom. The Morgan fingerprint density at radius 1 is 1.11 bits per heavy atom. The normalized spacial score (nSPS) is 11.7. The molecule has 0 saturated heterocycles. The molecule has 0 aliphatic rings. The standard InChI is InChI=1S/C21H28N2O4S/c1-15(2)18-9-6-16(3)20(12-18)27-14-21(24)22-13-17-7-10-19(11-8-17)28(25,26)23(4)5/h6-12,15H,13-14H2,1-5H3,(H,22,24). The third-order valence-electron chi connectivity index (χ3n) is 4.43. The molecule has 2 aromatic carbocycles. The van der Waals surface area contributed by atoms with E-state index in [0.717, 1.165) is 21.0 Å². The first-order valence-electron chi connectivity index (χ1n) is 9.12. The number of hydrogen-bond donors (Lipinski definition) is 1. The van der Waals surface area contributed by atoms with E-state index in [4.69, 9.17) is 4.74 Å². The lowest BCUT2D eigenvalue weighted by Crippen LogP contribution is -2.28. The third-order valence-corrected chi connectivity index (χ3v) is 6.26. The van der Waals surface area contributed by atoms with Crippen molar-refractivity contribution in [2.75, 3.05) is 20.7 Å². The molecule has 0 aliphatic carbocycles. The van der Waals surface area contributed by atoms with Gasteiger partial charge in [-0.25, -0.2) is 12.7 Å². The van der Waals surface area contributed by atoms with Crippen molar-refractivity contribution >= 4 is 15.9 Å². The van der Waals surface area contributed by atoms with Crippen molar-refractivity contribution in [1.82, 2.24) is 9.62 Å². The largest absolute Gasteiger partial charge is 0.483 e. The second-order valence-corrected chi connectivity index (χ2v) is 9.33. The zero-order chi connectivity index (χ0) is 20.9. The number of ether oxygens (including phenoxy) is 1. The minimum atomic E-state index is -3.45. The van der Waals surface area contributed by atoms with Crippen LogP contribution in [0.25, 0.3) is 0 Å². The summed E-state index contributed by atoms with van der Waals surface area (Å²) in [5.41, 5.74) is 2.95. The monoisotopic (exact) mass is 404 g/mol. The summed E-state index contributed by atoms with van der Waals surface area (Å²) in [5.74, 6) is 0.856. The lowest BCUT2D eigenvalue weighted by molar-refractivity contribution is -0.123. The van der Waals surface area contributed by atoms with Gasteiger partial charge in [0.2, 0.25) is 10.0 Å². The summed E-state index contributed by atoms with van der Waals surface area (Å²) in [7, 11) is -0.476. The van der Waals surface area contributed by atoms with E-state index in [1.807, 2.05) is 19.1 Å². The van der Waals surface area contributed by atoms with Crippen LogP contribution >= 0.6 is 0 Å². The van der Waals surface area contributed by atoms with Crippen LogP contribution in [0.5, 0.6) is 5.75 Å². The van der Waals surface area contributed by atoms with Gasteiger partial charge in [0.05, 0.1) is 4.90 Å². The van der Waals surface area contributed by atoms with Crippen LogP contribution in [-0.4, -0.2) is 39.3 Å². The summed E-state index contributed by atoms with van der Waals surface area (Å²) in [6.07, 6.45) is 0. The van der Waals surface area contributed by atoms with Crippen LogP contribution in [0.3, 0.4) is 0 Å². The smallest absolute Gasteiger partial charge is 0.258 e. The van der Waals surface area contributed by atoms with Crippen LogP contribution in [0.2, 0.25) is 0 Å². The van der Waals surface area contributed by atoms with Gasteiger partial charge in [0.15, 0.2) is 6.61 Å². The van der Waals surface area contributed by atoms with E-state index >= 15 is 0 Å². The molecule has 28 heavy (non-hydrogen) atoms. The predicted molar refractivity (Wildman–Crippen MR) is 110 cm³/mol. The molecule has 0 radical (unpaired) electrons. The summed E-state index contributed by atoms with van der Waals surface area (Å²) in [6.45, 7) is 6.39. The molecule has 0 aromatic heterocycles. The zero-order valence-corrected chi connectivity index (χ0v) is 17.8. The summed E-state index contributed by atoms with van der Waals surface area (Å²) < 4.78 is 31.0. The van der Waals surface area contributed by atoms with Crippen LogP contribution in [0.4, 0.5) is 0 Å². The van der Waals surface area contributed by atoms with E-state index in [1.165, 1.54) is 26.2 Å². The molecule has 7 heteroatoms. The molecule has 0 heterocycles. The molecule has 0 fully saturated rings. The molecule has 2 rings (SSSR count). The highest BCUT2D eigenvalue weighted by Crippen LogP contribution is 2.24. The van der Waals surface area contributed by atoms with E-state index in [2.05, 4.69) is 25.2 Å². The number of benzene rings is 2. The maximum absolute atomic E-state index is 12.1. The molecule has 0 saturated carbocycles. The van der Waals surface area contributed by atoms with Gasteiger partial charge in [-0.05, 0) is 47.7 Å². The minimum absolute atomic E-state index is 0.0739. The quantitative estimate of drug-likeness (QED) is 0.734. The van der Waals surface area contributed by atoms with E-state index in [0.29, 0.717) is 18.2 Å². The third kappa shape index (κ3) is 5.56. The highest BCUT2D eigenvalue weighted by Gasteiger charge is 2.16. The Morgan fingerprint density at radius 3 is 2.32 bits per heavy atom. The number of nitrogens with one attached hydrogen (secondary N) is 1. The fraction of sp³-hybridized carbons (Fsp3) is 0.381. The first-order chi connectivity index (χ1) is 13.1. The summed E-state index contributed by atoms with van der Waals surface area (Å²) >= 11 is 0. The van der Waals surface area contributed by atoms with Gasteiger partial charge in [0.1, 0.15) is 5.75 Å². The molecule has 0 spiro atoms. The van der Waals surface area contributed by atoms with Crippen molar-refractivity contribution in [2.24, 2.45) is 0 Å². The van der Waals surface area contributed by atoms with Crippen LogP contribution in [0, 0.1) is 6.92 Å². The first kappa shape index (κ1) is 21.9. The van der Waals surface area contributed by atoms with Gasteiger partial charge in [-0.1, -0.05) is 38.1 Å². The van der Waals surface area contributed by atoms with Crippen LogP contribution in [0.1, 0.15) is 36.5 Å². The van der Waals surface area contributed by atoms with Gasteiger partial charge in [0, 0.05) is 20.6 Å². The van der Waals surface area contributed by atoms with Gasteiger partial charge in [-0.15, -0.1) is 0 Å². The first-order valence-corrected chi connectivity index (χ1v) is 10.6. The lowest BCUT2D eigenvalue weighted by atomic mass is 10.0.